The van der Waals surface area contributed by atoms with E-state index in [0.29, 0.717) is 6.73 Å². The Morgan fingerprint density at radius 2 is 1.67 bits per heavy atom. The average molecular weight is 201 g/mol. The predicted molar refractivity (Wildman–Crippen MR) is 57.8 cm³/mol. The van der Waals surface area contributed by atoms with E-state index in [1.165, 1.54) is 12.1 Å². The van der Waals surface area contributed by atoms with Crippen LogP contribution in [0.3, 0.4) is 0 Å². The molecule has 2 rings (SSSR count). The zero-order valence-electron chi connectivity index (χ0n) is 8.17. The molecule has 0 radical (unpaired) electrons. The molecule has 3 heteroatoms. The van der Waals surface area contributed by atoms with Crippen LogP contribution in [0.5, 0.6) is 5.75 Å². The van der Waals surface area contributed by atoms with Gasteiger partial charge >= 0.3 is 0 Å². The normalized spacial score (nSPS) is 9.87. The van der Waals surface area contributed by atoms with Crippen molar-refractivity contribution in [3.05, 3.63) is 65.1 Å². The van der Waals surface area contributed by atoms with Crippen molar-refractivity contribution in [2.75, 3.05) is 0 Å². The van der Waals surface area contributed by atoms with Crippen molar-refractivity contribution < 1.29 is 4.74 Å². The van der Waals surface area contributed by atoms with Crippen molar-refractivity contribution >= 4 is 0 Å². The van der Waals surface area contributed by atoms with Gasteiger partial charge in [-0.1, -0.05) is 18.2 Å². The maximum absolute atomic E-state index is 10.8. The minimum atomic E-state index is 0.00552. The van der Waals surface area contributed by atoms with Crippen LogP contribution in [0.4, 0.5) is 0 Å². The van der Waals surface area contributed by atoms with E-state index in [9.17, 15) is 4.79 Å². The van der Waals surface area contributed by atoms with E-state index in [1.54, 1.807) is 17.0 Å². The number of ether oxygens (including phenoxy) is 1. The zero-order chi connectivity index (χ0) is 10.5. The highest BCUT2D eigenvalue weighted by Gasteiger charge is 1.91. The number of nitrogens with zero attached hydrogens (tertiary/aromatic N) is 1. The standard InChI is InChI=1S/C12H11NO2/c14-11-6-8-13(9-7-11)10-15-12-4-2-1-3-5-12/h1-9H,10H2. The number of hydrogen-bond donors (Lipinski definition) is 0. The lowest BCUT2D eigenvalue weighted by molar-refractivity contribution is 0.235. The molecule has 0 aliphatic heterocycles. The lowest BCUT2D eigenvalue weighted by atomic mass is 10.3. The third kappa shape index (κ3) is 2.71. The van der Waals surface area contributed by atoms with Gasteiger partial charge in [-0.2, -0.15) is 0 Å². The molecule has 0 N–H and O–H groups in total. The van der Waals surface area contributed by atoms with Gasteiger partial charge in [0.1, 0.15) is 5.75 Å². The first-order valence-electron chi connectivity index (χ1n) is 4.68. The second-order valence-electron chi connectivity index (χ2n) is 3.13. The first kappa shape index (κ1) is 9.52. The highest BCUT2D eigenvalue weighted by atomic mass is 16.5. The molecule has 0 atom stereocenters. The molecule has 1 heterocycles. The fourth-order valence-corrected chi connectivity index (χ4v) is 1.20. The third-order valence-corrected chi connectivity index (χ3v) is 1.98. The van der Waals surface area contributed by atoms with E-state index in [-0.39, 0.29) is 5.43 Å². The molecule has 0 saturated heterocycles. The van der Waals surface area contributed by atoms with Crippen molar-refractivity contribution in [1.29, 1.82) is 0 Å². The minimum Gasteiger partial charge on any atom is -0.473 e. The summed E-state index contributed by atoms with van der Waals surface area (Å²) in [5.74, 6) is 0.816. The van der Waals surface area contributed by atoms with Gasteiger partial charge in [0, 0.05) is 24.5 Å². The second-order valence-corrected chi connectivity index (χ2v) is 3.13. The molecule has 0 bridgehead atoms. The molecular weight excluding hydrogens is 190 g/mol. The molecule has 76 valence electrons. The smallest absolute Gasteiger partial charge is 0.181 e. The largest absolute Gasteiger partial charge is 0.473 e. The number of benzene rings is 1. The maximum Gasteiger partial charge on any atom is 0.181 e. The topological polar surface area (TPSA) is 31.2 Å². The van der Waals surface area contributed by atoms with Crippen molar-refractivity contribution in [2.24, 2.45) is 0 Å². The number of rotatable bonds is 3. The third-order valence-electron chi connectivity index (χ3n) is 1.98. The van der Waals surface area contributed by atoms with Gasteiger partial charge in [0.2, 0.25) is 0 Å². The fourth-order valence-electron chi connectivity index (χ4n) is 1.20. The summed E-state index contributed by atoms with van der Waals surface area (Å²) in [6.07, 6.45) is 3.40. The second kappa shape index (κ2) is 4.46. The van der Waals surface area contributed by atoms with Crippen LogP contribution in [0.15, 0.2) is 59.7 Å². The summed E-state index contributed by atoms with van der Waals surface area (Å²) in [6, 6.07) is 12.6. The van der Waals surface area contributed by atoms with Crippen molar-refractivity contribution in [1.82, 2.24) is 4.57 Å². The molecule has 0 unspecified atom stereocenters. The van der Waals surface area contributed by atoms with Crippen LogP contribution in [0, 0.1) is 0 Å². The molecule has 0 saturated carbocycles. The molecule has 0 spiro atoms. The average Bonchev–Trinajstić information content (AvgIpc) is 2.30. The molecular formula is C12H11NO2. The molecule has 0 amide bonds. The Kier molecular flexibility index (Phi) is 2.83. The molecule has 1 aromatic carbocycles. The Morgan fingerprint density at radius 3 is 2.33 bits per heavy atom. The summed E-state index contributed by atoms with van der Waals surface area (Å²) in [6.45, 7) is 0.407. The Bertz CT molecular complexity index is 456. The maximum atomic E-state index is 10.8. The van der Waals surface area contributed by atoms with Crippen molar-refractivity contribution in [2.45, 2.75) is 6.73 Å². The highest BCUT2D eigenvalue weighted by Crippen LogP contribution is 2.08. The van der Waals surface area contributed by atoms with E-state index in [2.05, 4.69) is 0 Å². The van der Waals surface area contributed by atoms with Gasteiger partial charge in [-0.15, -0.1) is 0 Å². The van der Waals surface area contributed by atoms with E-state index < -0.39 is 0 Å². The number of pyridine rings is 1. The Labute approximate surface area is 87.6 Å². The van der Waals surface area contributed by atoms with Crippen LogP contribution < -0.4 is 10.2 Å². The molecule has 1 aromatic heterocycles. The van der Waals surface area contributed by atoms with Crippen molar-refractivity contribution in [3.8, 4) is 5.75 Å². The SMILES string of the molecule is O=c1ccn(COc2ccccc2)cc1. The predicted octanol–water partition coefficient (Wildman–Crippen LogP) is 1.88. The Balaban J connectivity index is 1.99. The molecule has 0 aliphatic carbocycles. The van der Waals surface area contributed by atoms with Gasteiger partial charge in [0.25, 0.3) is 0 Å². The highest BCUT2D eigenvalue weighted by molar-refractivity contribution is 5.20. The zero-order valence-corrected chi connectivity index (χ0v) is 8.17. The van der Waals surface area contributed by atoms with Crippen LogP contribution in [0.2, 0.25) is 0 Å². The molecule has 3 nitrogen and oxygen atoms in total. The van der Waals surface area contributed by atoms with Crippen LogP contribution in [0.1, 0.15) is 0 Å². The van der Waals surface area contributed by atoms with Gasteiger partial charge in [-0.25, -0.2) is 0 Å². The first-order valence-corrected chi connectivity index (χ1v) is 4.68. The summed E-state index contributed by atoms with van der Waals surface area (Å²) in [4.78, 5) is 10.8. The number of aromatic nitrogens is 1. The molecule has 2 aromatic rings. The summed E-state index contributed by atoms with van der Waals surface area (Å²) < 4.78 is 7.29. The monoisotopic (exact) mass is 201 g/mol. The lowest BCUT2D eigenvalue weighted by Gasteiger charge is -2.08. The lowest BCUT2D eigenvalue weighted by Crippen LogP contribution is -2.07. The summed E-state index contributed by atoms with van der Waals surface area (Å²) >= 11 is 0. The van der Waals surface area contributed by atoms with Gasteiger partial charge in [0.15, 0.2) is 12.2 Å². The Morgan fingerprint density at radius 1 is 1.00 bits per heavy atom. The van der Waals surface area contributed by atoms with Gasteiger partial charge in [-0.05, 0) is 12.1 Å². The van der Waals surface area contributed by atoms with Crippen LogP contribution in [-0.4, -0.2) is 4.57 Å². The number of hydrogen-bond acceptors (Lipinski definition) is 2. The van der Waals surface area contributed by atoms with Crippen LogP contribution in [-0.2, 0) is 6.73 Å². The van der Waals surface area contributed by atoms with E-state index in [0.717, 1.165) is 5.75 Å². The summed E-state index contributed by atoms with van der Waals surface area (Å²) in [5.41, 5.74) is 0.00552. The quantitative estimate of drug-likeness (QED) is 0.759. The molecule has 0 aliphatic rings. The fraction of sp³-hybridized carbons (Fsp3) is 0.0833. The van der Waals surface area contributed by atoms with Crippen molar-refractivity contribution in [3.63, 3.8) is 0 Å². The minimum absolute atomic E-state index is 0.00552. The van der Waals surface area contributed by atoms with Crippen LogP contribution >= 0.6 is 0 Å². The van der Waals surface area contributed by atoms with E-state index in [1.807, 2.05) is 30.3 Å². The van der Waals surface area contributed by atoms with Gasteiger partial charge in [-0.3, -0.25) is 4.79 Å². The molecule has 0 fully saturated rings. The van der Waals surface area contributed by atoms with Gasteiger partial charge in [0.05, 0.1) is 0 Å². The molecule has 15 heavy (non-hydrogen) atoms. The summed E-state index contributed by atoms with van der Waals surface area (Å²) in [7, 11) is 0. The van der Waals surface area contributed by atoms with E-state index >= 15 is 0 Å². The van der Waals surface area contributed by atoms with E-state index in [4.69, 9.17) is 4.74 Å². The first-order chi connectivity index (χ1) is 7.34. The number of para-hydroxylation sites is 1. The van der Waals surface area contributed by atoms with Gasteiger partial charge < -0.3 is 9.30 Å². The van der Waals surface area contributed by atoms with Crippen LogP contribution in [0.25, 0.3) is 0 Å². The summed E-state index contributed by atoms with van der Waals surface area (Å²) in [5, 5.41) is 0. The Hall–Kier alpha value is -2.03.